The highest BCUT2D eigenvalue weighted by atomic mass is 32.1. The van der Waals surface area contributed by atoms with Gasteiger partial charge in [0.2, 0.25) is 0 Å². The molecule has 16 heavy (non-hydrogen) atoms. The molecule has 4 nitrogen and oxygen atoms in total. The first-order chi connectivity index (χ1) is 7.70. The molecule has 0 fully saturated rings. The van der Waals surface area contributed by atoms with Crippen LogP contribution >= 0.6 is 11.3 Å². The minimum atomic E-state index is 0.760. The van der Waals surface area contributed by atoms with Gasteiger partial charge in [-0.25, -0.2) is 0 Å². The first-order valence-electron chi connectivity index (χ1n) is 5.12. The third kappa shape index (κ3) is 2.25. The lowest BCUT2D eigenvalue weighted by Crippen LogP contribution is -2.04. The summed E-state index contributed by atoms with van der Waals surface area (Å²) in [5.74, 6) is 0. The van der Waals surface area contributed by atoms with Crippen molar-refractivity contribution in [3.05, 3.63) is 28.5 Å². The van der Waals surface area contributed by atoms with E-state index in [4.69, 9.17) is 0 Å². The fourth-order valence-corrected chi connectivity index (χ4v) is 2.43. The van der Waals surface area contributed by atoms with Gasteiger partial charge in [-0.2, -0.15) is 0 Å². The maximum Gasteiger partial charge on any atom is 0.149 e. The minimum absolute atomic E-state index is 0.760. The summed E-state index contributed by atoms with van der Waals surface area (Å²) in [5.41, 5.74) is 3.11. The maximum atomic E-state index is 4.43. The van der Waals surface area contributed by atoms with Crippen molar-refractivity contribution in [3.8, 4) is 10.6 Å². The van der Waals surface area contributed by atoms with Gasteiger partial charge in [-0.05, 0) is 33.0 Å². The van der Waals surface area contributed by atoms with Crippen LogP contribution in [0.1, 0.15) is 16.4 Å². The number of hydrogen-bond donors (Lipinski definition) is 1. The van der Waals surface area contributed by atoms with Crippen LogP contribution in [0.4, 0.5) is 0 Å². The van der Waals surface area contributed by atoms with Crippen molar-refractivity contribution in [2.75, 3.05) is 7.05 Å². The fourth-order valence-electron chi connectivity index (χ4n) is 1.50. The molecule has 0 bridgehead atoms. The number of nitrogens with zero attached hydrogens (tertiary/aromatic N) is 3. The molecule has 0 amide bonds. The van der Waals surface area contributed by atoms with Crippen molar-refractivity contribution in [2.24, 2.45) is 0 Å². The topological polar surface area (TPSA) is 50.7 Å². The van der Waals surface area contributed by atoms with Gasteiger partial charge < -0.3 is 5.32 Å². The van der Waals surface area contributed by atoms with Gasteiger partial charge in [0.15, 0.2) is 0 Å². The van der Waals surface area contributed by atoms with Gasteiger partial charge in [-0.1, -0.05) is 11.3 Å². The summed E-state index contributed by atoms with van der Waals surface area (Å²) >= 11 is 1.61. The van der Waals surface area contributed by atoms with E-state index in [0.717, 1.165) is 33.5 Å². The highest BCUT2D eigenvalue weighted by molar-refractivity contribution is 7.14. The Balaban J connectivity index is 2.35. The van der Waals surface area contributed by atoms with Crippen LogP contribution in [0.3, 0.4) is 0 Å². The maximum absolute atomic E-state index is 4.43. The van der Waals surface area contributed by atoms with Crippen LogP contribution < -0.4 is 5.32 Å². The van der Waals surface area contributed by atoms with Crippen molar-refractivity contribution in [3.63, 3.8) is 0 Å². The van der Waals surface area contributed by atoms with E-state index in [-0.39, 0.29) is 0 Å². The van der Waals surface area contributed by atoms with Crippen LogP contribution in [0.5, 0.6) is 0 Å². The summed E-state index contributed by atoms with van der Waals surface area (Å²) < 4.78 is 0. The van der Waals surface area contributed by atoms with Crippen LogP contribution in [0.2, 0.25) is 0 Å². The monoisotopic (exact) mass is 234 g/mol. The Bertz CT molecular complexity index is 492. The molecule has 0 spiro atoms. The van der Waals surface area contributed by atoms with Crippen LogP contribution in [0, 0.1) is 13.8 Å². The molecular weight excluding hydrogens is 220 g/mol. The van der Waals surface area contributed by atoms with E-state index in [9.17, 15) is 0 Å². The van der Waals surface area contributed by atoms with E-state index in [1.165, 1.54) is 0 Å². The van der Waals surface area contributed by atoms with E-state index in [1.54, 1.807) is 11.3 Å². The Kier molecular flexibility index (Phi) is 3.26. The van der Waals surface area contributed by atoms with Gasteiger partial charge in [0, 0.05) is 23.5 Å². The summed E-state index contributed by atoms with van der Waals surface area (Å²) in [6.07, 6.45) is 0. The van der Waals surface area contributed by atoms with Crippen LogP contribution in [-0.4, -0.2) is 22.2 Å². The lowest BCUT2D eigenvalue weighted by Gasteiger charge is -2.01. The van der Waals surface area contributed by atoms with E-state index in [0.29, 0.717) is 0 Å². The second kappa shape index (κ2) is 4.67. The Morgan fingerprint density at radius 3 is 2.75 bits per heavy atom. The number of aromatic nitrogens is 3. The molecule has 0 aromatic carbocycles. The second-order valence-electron chi connectivity index (χ2n) is 3.62. The molecule has 2 aromatic rings. The SMILES string of the molecule is CNCc1nnc(-c2ccc(C)nc2C)s1. The highest BCUT2D eigenvalue weighted by Crippen LogP contribution is 2.25. The zero-order valence-electron chi connectivity index (χ0n) is 9.61. The van der Waals surface area contributed by atoms with Gasteiger partial charge in [0.25, 0.3) is 0 Å². The molecule has 0 radical (unpaired) electrons. The normalized spacial score (nSPS) is 10.7. The van der Waals surface area contributed by atoms with Gasteiger partial charge in [-0.15, -0.1) is 10.2 Å². The van der Waals surface area contributed by atoms with Gasteiger partial charge in [0.05, 0.1) is 0 Å². The van der Waals surface area contributed by atoms with Crippen molar-refractivity contribution in [1.29, 1.82) is 0 Å². The molecule has 1 N–H and O–H groups in total. The Morgan fingerprint density at radius 1 is 1.25 bits per heavy atom. The molecule has 0 unspecified atom stereocenters. The van der Waals surface area contributed by atoms with Crippen molar-refractivity contribution >= 4 is 11.3 Å². The molecule has 2 rings (SSSR count). The zero-order chi connectivity index (χ0) is 11.5. The standard InChI is InChI=1S/C11H14N4S/c1-7-4-5-9(8(2)13-7)11-15-14-10(16-11)6-12-3/h4-5,12H,6H2,1-3H3. The fraction of sp³-hybridized carbons (Fsp3) is 0.364. The molecule has 0 aliphatic rings. The largest absolute Gasteiger partial charge is 0.313 e. The zero-order valence-corrected chi connectivity index (χ0v) is 10.4. The first kappa shape index (κ1) is 11.2. The summed E-state index contributed by atoms with van der Waals surface area (Å²) in [6, 6.07) is 4.06. The third-order valence-corrected chi connectivity index (χ3v) is 3.21. The predicted octanol–water partition coefficient (Wildman–Crippen LogP) is 1.94. The second-order valence-corrected chi connectivity index (χ2v) is 4.68. The molecule has 0 saturated heterocycles. The molecule has 2 aromatic heterocycles. The van der Waals surface area contributed by atoms with E-state index in [2.05, 4.69) is 26.6 Å². The summed E-state index contributed by atoms with van der Waals surface area (Å²) in [7, 11) is 1.90. The van der Waals surface area contributed by atoms with E-state index < -0.39 is 0 Å². The smallest absolute Gasteiger partial charge is 0.149 e. The van der Waals surface area contributed by atoms with Crippen LogP contribution in [0.25, 0.3) is 10.6 Å². The quantitative estimate of drug-likeness (QED) is 0.881. The highest BCUT2D eigenvalue weighted by Gasteiger charge is 2.09. The lowest BCUT2D eigenvalue weighted by atomic mass is 10.2. The van der Waals surface area contributed by atoms with Crippen molar-refractivity contribution < 1.29 is 0 Å². The van der Waals surface area contributed by atoms with Crippen LogP contribution in [0.15, 0.2) is 12.1 Å². The van der Waals surface area contributed by atoms with Gasteiger partial charge in [-0.3, -0.25) is 4.98 Å². The Hall–Kier alpha value is -1.33. The number of aryl methyl sites for hydroxylation is 2. The molecule has 0 aliphatic carbocycles. The molecule has 0 saturated carbocycles. The Labute approximate surface area is 98.8 Å². The lowest BCUT2D eigenvalue weighted by molar-refractivity contribution is 0.794. The van der Waals surface area contributed by atoms with Crippen LogP contribution in [-0.2, 0) is 6.54 Å². The van der Waals surface area contributed by atoms with E-state index in [1.807, 2.05) is 27.0 Å². The van der Waals surface area contributed by atoms with Gasteiger partial charge >= 0.3 is 0 Å². The number of nitrogens with one attached hydrogen (secondary N) is 1. The summed E-state index contributed by atoms with van der Waals surface area (Å²) in [5, 5.41) is 13.3. The number of pyridine rings is 1. The molecule has 2 heterocycles. The number of rotatable bonds is 3. The molecule has 84 valence electrons. The van der Waals surface area contributed by atoms with Gasteiger partial charge in [0.1, 0.15) is 10.0 Å². The third-order valence-electron chi connectivity index (χ3n) is 2.25. The average molecular weight is 234 g/mol. The van der Waals surface area contributed by atoms with Crippen molar-refractivity contribution in [1.82, 2.24) is 20.5 Å². The molecule has 0 aliphatic heterocycles. The Morgan fingerprint density at radius 2 is 2.06 bits per heavy atom. The predicted molar refractivity (Wildman–Crippen MR) is 65.4 cm³/mol. The van der Waals surface area contributed by atoms with Crippen molar-refractivity contribution in [2.45, 2.75) is 20.4 Å². The molecular formula is C11H14N4S. The summed E-state index contributed by atoms with van der Waals surface area (Å²) in [4.78, 5) is 4.43. The minimum Gasteiger partial charge on any atom is -0.313 e. The van der Waals surface area contributed by atoms with E-state index >= 15 is 0 Å². The molecule has 0 atom stereocenters. The molecule has 5 heteroatoms. The number of hydrogen-bond acceptors (Lipinski definition) is 5. The first-order valence-corrected chi connectivity index (χ1v) is 5.94. The average Bonchev–Trinajstić information content (AvgIpc) is 2.67. The summed E-state index contributed by atoms with van der Waals surface area (Å²) in [6.45, 7) is 4.75.